The molecule has 1 aliphatic carbocycles. The predicted octanol–water partition coefficient (Wildman–Crippen LogP) is 7.46. The summed E-state index contributed by atoms with van der Waals surface area (Å²) >= 11 is 0. The zero-order chi connectivity index (χ0) is 23.4. The molecule has 3 unspecified atom stereocenters. The predicted molar refractivity (Wildman–Crippen MR) is 139 cm³/mol. The van der Waals surface area contributed by atoms with Gasteiger partial charge in [0.05, 0.1) is 0 Å². The van der Waals surface area contributed by atoms with Crippen LogP contribution in [0.5, 0.6) is 5.75 Å². The van der Waals surface area contributed by atoms with Crippen molar-refractivity contribution in [3.8, 4) is 5.75 Å². The van der Waals surface area contributed by atoms with E-state index < -0.39 is 0 Å². The van der Waals surface area contributed by atoms with Crippen LogP contribution < -0.4 is 10.1 Å². The van der Waals surface area contributed by atoms with E-state index in [0.717, 1.165) is 18.7 Å². The molecule has 0 spiro atoms. The number of allylic oxidation sites excluding steroid dienone is 3. The Bertz CT molecular complexity index is 912. The maximum Gasteiger partial charge on any atom is 0.139 e. The summed E-state index contributed by atoms with van der Waals surface area (Å²) in [6.07, 6.45) is 13.6. The van der Waals surface area contributed by atoms with Gasteiger partial charge in [-0.1, -0.05) is 57.0 Å². The lowest BCUT2D eigenvalue weighted by atomic mass is 9.78. The molecule has 3 heteroatoms. The van der Waals surface area contributed by atoms with Crippen molar-refractivity contribution in [3.63, 3.8) is 0 Å². The fourth-order valence-electron chi connectivity index (χ4n) is 5.96. The van der Waals surface area contributed by atoms with Gasteiger partial charge in [0.25, 0.3) is 0 Å². The van der Waals surface area contributed by atoms with Gasteiger partial charge in [0, 0.05) is 41.4 Å². The Hall–Kier alpha value is -2.00. The third-order valence-corrected chi connectivity index (χ3v) is 8.15. The number of hydrogen-bond donors (Lipinski definition) is 1. The number of nitrogens with one attached hydrogen (secondary N) is 1. The van der Waals surface area contributed by atoms with Gasteiger partial charge in [-0.25, -0.2) is 0 Å². The third kappa shape index (κ3) is 5.40. The molecule has 0 aromatic heterocycles. The van der Waals surface area contributed by atoms with Gasteiger partial charge in [0.1, 0.15) is 12.5 Å². The highest BCUT2D eigenvalue weighted by atomic mass is 16.5. The van der Waals surface area contributed by atoms with E-state index in [2.05, 4.69) is 68.8 Å². The fraction of sp³-hybridized carbons (Fsp3) is 0.600. The molecule has 1 N–H and O–H groups in total. The van der Waals surface area contributed by atoms with Gasteiger partial charge < -0.3 is 9.64 Å². The molecule has 1 fully saturated rings. The van der Waals surface area contributed by atoms with Crippen molar-refractivity contribution in [2.75, 3.05) is 13.3 Å². The molecule has 1 aromatic rings. The van der Waals surface area contributed by atoms with Gasteiger partial charge in [-0.2, -0.15) is 0 Å². The lowest BCUT2D eigenvalue weighted by Crippen LogP contribution is -2.53. The van der Waals surface area contributed by atoms with Crippen molar-refractivity contribution in [2.45, 2.75) is 97.4 Å². The van der Waals surface area contributed by atoms with Gasteiger partial charge in [-0.15, -0.1) is 0 Å². The summed E-state index contributed by atoms with van der Waals surface area (Å²) in [6, 6.07) is 7.64. The van der Waals surface area contributed by atoms with E-state index in [9.17, 15) is 0 Å². The first-order valence-corrected chi connectivity index (χ1v) is 13.3. The van der Waals surface area contributed by atoms with E-state index in [1.54, 1.807) is 0 Å². The van der Waals surface area contributed by atoms with Crippen molar-refractivity contribution in [2.24, 2.45) is 5.92 Å². The molecule has 3 atom stereocenters. The quantitative estimate of drug-likeness (QED) is 0.228. The van der Waals surface area contributed by atoms with Crippen LogP contribution in [0.2, 0.25) is 0 Å². The van der Waals surface area contributed by atoms with Crippen molar-refractivity contribution < 1.29 is 4.74 Å². The molecule has 0 bridgehead atoms. The van der Waals surface area contributed by atoms with E-state index in [4.69, 9.17) is 4.74 Å². The van der Waals surface area contributed by atoms with Gasteiger partial charge in [-0.05, 0) is 76.0 Å². The van der Waals surface area contributed by atoms with E-state index in [-0.39, 0.29) is 0 Å². The summed E-state index contributed by atoms with van der Waals surface area (Å²) in [6.45, 7) is 14.8. The Labute approximate surface area is 202 Å². The van der Waals surface area contributed by atoms with Crippen molar-refractivity contribution >= 4 is 0 Å². The highest BCUT2D eigenvalue weighted by Crippen LogP contribution is 2.45. The van der Waals surface area contributed by atoms with E-state index in [1.165, 1.54) is 85.0 Å². The van der Waals surface area contributed by atoms with Crippen LogP contribution in [-0.4, -0.2) is 24.2 Å². The number of unbranched alkanes of at least 4 members (excludes halogenated alkanes) is 2. The summed E-state index contributed by atoms with van der Waals surface area (Å²) in [7, 11) is 0. The summed E-state index contributed by atoms with van der Waals surface area (Å²) in [5.41, 5.74) is 8.47. The molecule has 0 radical (unpaired) electrons. The number of benzene rings is 1. The summed E-state index contributed by atoms with van der Waals surface area (Å²) < 4.78 is 6.40. The lowest BCUT2D eigenvalue weighted by Gasteiger charge is -2.54. The SMILES string of the molecule is C=C1C(C)C2CCC(CNCOc3cc(CCCCC)ccc3C3C=C(C)CCC3)=C(C)N12. The van der Waals surface area contributed by atoms with Crippen LogP contribution in [0.25, 0.3) is 0 Å². The second-order valence-corrected chi connectivity index (χ2v) is 10.5. The van der Waals surface area contributed by atoms with Gasteiger partial charge in [-0.3, -0.25) is 5.32 Å². The Kier molecular flexibility index (Phi) is 8.01. The van der Waals surface area contributed by atoms with E-state index in [1.807, 2.05) is 0 Å². The first-order chi connectivity index (χ1) is 16.0. The molecular formula is C30H44N2O. The fourth-order valence-corrected chi connectivity index (χ4v) is 5.96. The van der Waals surface area contributed by atoms with Gasteiger partial charge >= 0.3 is 0 Å². The Morgan fingerprint density at radius 1 is 1.15 bits per heavy atom. The average molecular weight is 449 g/mol. The van der Waals surface area contributed by atoms with Gasteiger partial charge in [0.2, 0.25) is 0 Å². The summed E-state index contributed by atoms with van der Waals surface area (Å²) in [5.74, 6) is 2.20. The maximum absolute atomic E-state index is 6.40. The van der Waals surface area contributed by atoms with Crippen LogP contribution in [-0.2, 0) is 6.42 Å². The lowest BCUT2D eigenvalue weighted by molar-refractivity contribution is 0.110. The first-order valence-electron chi connectivity index (χ1n) is 13.3. The minimum absolute atomic E-state index is 0.484. The number of ether oxygens (including phenoxy) is 1. The maximum atomic E-state index is 6.40. The first kappa shape index (κ1) is 24.1. The van der Waals surface area contributed by atoms with Crippen LogP contribution in [0.15, 0.2) is 53.4 Å². The van der Waals surface area contributed by atoms with Crippen LogP contribution >= 0.6 is 0 Å². The second-order valence-electron chi connectivity index (χ2n) is 10.5. The Balaban J connectivity index is 1.40. The van der Waals surface area contributed by atoms with Crippen LogP contribution in [0.3, 0.4) is 0 Å². The smallest absolute Gasteiger partial charge is 0.139 e. The Morgan fingerprint density at radius 2 is 2.00 bits per heavy atom. The molecular weight excluding hydrogens is 404 g/mol. The molecule has 1 aromatic carbocycles. The molecule has 4 rings (SSSR count). The highest BCUT2D eigenvalue weighted by molar-refractivity contribution is 5.42. The van der Waals surface area contributed by atoms with Crippen LogP contribution in [0.4, 0.5) is 0 Å². The van der Waals surface area contributed by atoms with E-state index >= 15 is 0 Å². The van der Waals surface area contributed by atoms with Crippen LogP contribution in [0.1, 0.15) is 96.1 Å². The topological polar surface area (TPSA) is 24.5 Å². The van der Waals surface area contributed by atoms with Crippen molar-refractivity contribution in [3.05, 3.63) is 64.5 Å². The molecule has 0 saturated carbocycles. The standard InChI is InChI=1S/C30H44N2O/c1-6-7-8-11-25-13-15-28(26-12-9-10-21(2)17-26)30(18-25)33-20-31-19-27-14-16-29-22(3)23(4)32(29)24(27)5/h13,15,17-18,22,26,29,31H,4,6-12,14,16,19-20H2,1-3,5H3. The second kappa shape index (κ2) is 11.0. The molecule has 33 heavy (non-hydrogen) atoms. The minimum Gasteiger partial charge on any atom is -0.478 e. The summed E-state index contributed by atoms with van der Waals surface area (Å²) in [4.78, 5) is 2.46. The monoisotopic (exact) mass is 448 g/mol. The molecule has 180 valence electrons. The average Bonchev–Trinajstić information content (AvgIpc) is 2.82. The highest BCUT2D eigenvalue weighted by Gasteiger charge is 2.42. The summed E-state index contributed by atoms with van der Waals surface area (Å²) in [5, 5.41) is 3.58. The zero-order valence-electron chi connectivity index (χ0n) is 21.4. The number of aryl methyl sites for hydroxylation is 1. The van der Waals surface area contributed by atoms with Crippen molar-refractivity contribution in [1.29, 1.82) is 0 Å². The van der Waals surface area contributed by atoms with E-state index in [0.29, 0.717) is 24.6 Å². The number of hydrogen-bond acceptors (Lipinski definition) is 3. The molecule has 0 amide bonds. The normalized spacial score (nSPS) is 25.0. The molecule has 2 heterocycles. The zero-order valence-corrected chi connectivity index (χ0v) is 21.4. The third-order valence-electron chi connectivity index (χ3n) is 8.15. The number of rotatable bonds is 10. The minimum atomic E-state index is 0.484. The number of nitrogens with zero attached hydrogens (tertiary/aromatic N) is 1. The molecule has 3 nitrogen and oxygen atoms in total. The van der Waals surface area contributed by atoms with Crippen LogP contribution in [0, 0.1) is 5.92 Å². The Morgan fingerprint density at radius 3 is 2.79 bits per heavy atom. The molecule has 1 saturated heterocycles. The largest absolute Gasteiger partial charge is 0.478 e. The number of fused-ring (bicyclic) bond motifs is 1. The molecule has 2 aliphatic heterocycles. The van der Waals surface area contributed by atoms with Crippen molar-refractivity contribution in [1.82, 2.24) is 10.2 Å². The van der Waals surface area contributed by atoms with Gasteiger partial charge in [0.15, 0.2) is 0 Å². The molecule has 3 aliphatic rings.